The van der Waals surface area contributed by atoms with Gasteiger partial charge in [-0.1, -0.05) is 18.2 Å². The molecule has 0 amide bonds. The molecule has 0 saturated carbocycles. The van der Waals surface area contributed by atoms with Crippen molar-refractivity contribution in [2.45, 2.75) is 6.54 Å². The Balaban J connectivity index is 1.78. The van der Waals surface area contributed by atoms with Gasteiger partial charge in [-0.25, -0.2) is 0 Å². The van der Waals surface area contributed by atoms with E-state index in [1.807, 2.05) is 0 Å². The number of nitrogens with zero attached hydrogens (tertiary/aromatic N) is 1. The highest BCUT2D eigenvalue weighted by molar-refractivity contribution is 5.80. The number of hydrogen-bond donors (Lipinski definition) is 2. The van der Waals surface area contributed by atoms with Crippen LogP contribution in [0.25, 0.3) is 10.9 Å². The fourth-order valence-electron chi connectivity index (χ4n) is 2.33. The maximum Gasteiger partial charge on any atom is 0.0456 e. The summed E-state index contributed by atoms with van der Waals surface area (Å²) in [7, 11) is 0. The lowest BCUT2D eigenvalue weighted by Gasteiger charge is -2.26. The lowest BCUT2D eigenvalue weighted by molar-refractivity contribution is 0.231. The van der Waals surface area contributed by atoms with Crippen LogP contribution >= 0.6 is 0 Å². The molecule has 1 aliphatic heterocycles. The Morgan fingerprint density at radius 2 is 1.94 bits per heavy atom. The molecular weight excluding hydrogens is 198 g/mol. The molecule has 0 bridgehead atoms. The van der Waals surface area contributed by atoms with Crippen LogP contribution in [0.2, 0.25) is 0 Å². The molecule has 1 aromatic carbocycles. The molecule has 0 atom stereocenters. The van der Waals surface area contributed by atoms with Crippen molar-refractivity contribution in [2.24, 2.45) is 0 Å². The van der Waals surface area contributed by atoms with Gasteiger partial charge in [-0.05, 0) is 17.5 Å². The predicted octanol–water partition coefficient (Wildman–Crippen LogP) is 1.57. The maximum absolute atomic E-state index is 3.48. The van der Waals surface area contributed by atoms with Gasteiger partial charge in [0.15, 0.2) is 0 Å². The molecule has 3 heteroatoms. The van der Waals surface area contributed by atoms with E-state index >= 15 is 0 Å². The molecule has 3 nitrogen and oxygen atoms in total. The first-order chi connectivity index (χ1) is 7.92. The Morgan fingerprint density at radius 1 is 1.12 bits per heavy atom. The highest BCUT2D eigenvalue weighted by Gasteiger charge is 2.10. The molecule has 2 aromatic rings. The largest absolute Gasteiger partial charge is 0.357 e. The Kier molecular flexibility index (Phi) is 2.64. The van der Waals surface area contributed by atoms with E-state index < -0.39 is 0 Å². The van der Waals surface area contributed by atoms with Gasteiger partial charge in [-0.2, -0.15) is 0 Å². The van der Waals surface area contributed by atoms with Crippen LogP contribution in [0, 0.1) is 0 Å². The number of nitrogens with one attached hydrogen (secondary N) is 2. The molecule has 0 radical (unpaired) electrons. The van der Waals surface area contributed by atoms with Gasteiger partial charge in [0.05, 0.1) is 0 Å². The van der Waals surface area contributed by atoms with E-state index in [1.165, 1.54) is 16.6 Å². The van der Waals surface area contributed by atoms with Crippen LogP contribution in [0.3, 0.4) is 0 Å². The number of aromatic amines is 1. The third kappa shape index (κ3) is 1.96. The van der Waals surface area contributed by atoms with Gasteiger partial charge in [-0.3, -0.25) is 4.90 Å². The van der Waals surface area contributed by atoms with E-state index in [1.54, 1.807) is 0 Å². The lowest BCUT2D eigenvalue weighted by atomic mass is 10.2. The molecular formula is C13H17N3. The Labute approximate surface area is 95.5 Å². The van der Waals surface area contributed by atoms with Gasteiger partial charge in [0, 0.05) is 43.9 Å². The van der Waals surface area contributed by atoms with Gasteiger partial charge < -0.3 is 10.3 Å². The first-order valence-electron chi connectivity index (χ1n) is 5.91. The van der Waals surface area contributed by atoms with E-state index in [0.717, 1.165) is 32.7 Å². The van der Waals surface area contributed by atoms with E-state index in [-0.39, 0.29) is 0 Å². The number of hydrogen-bond acceptors (Lipinski definition) is 2. The van der Waals surface area contributed by atoms with Gasteiger partial charge >= 0.3 is 0 Å². The molecule has 1 saturated heterocycles. The third-order valence-corrected chi connectivity index (χ3v) is 3.19. The number of aromatic nitrogens is 1. The second-order valence-electron chi connectivity index (χ2n) is 4.41. The average molecular weight is 215 g/mol. The molecule has 84 valence electrons. The number of benzene rings is 1. The summed E-state index contributed by atoms with van der Waals surface area (Å²) >= 11 is 0. The number of rotatable bonds is 2. The standard InChI is InChI=1S/C13H17N3/c1-2-4-13-11(3-1)9-12(15-13)10-16-7-5-14-6-8-16/h1-4,9,14-15H,5-8,10H2. The quantitative estimate of drug-likeness (QED) is 0.797. The Hall–Kier alpha value is -1.32. The van der Waals surface area contributed by atoms with E-state index in [9.17, 15) is 0 Å². The summed E-state index contributed by atoms with van der Waals surface area (Å²) < 4.78 is 0. The van der Waals surface area contributed by atoms with Crippen LogP contribution < -0.4 is 5.32 Å². The van der Waals surface area contributed by atoms with Crippen molar-refractivity contribution in [3.63, 3.8) is 0 Å². The summed E-state index contributed by atoms with van der Waals surface area (Å²) in [5, 5.41) is 4.69. The summed E-state index contributed by atoms with van der Waals surface area (Å²) in [6.07, 6.45) is 0. The van der Waals surface area contributed by atoms with Gasteiger partial charge in [0.1, 0.15) is 0 Å². The number of piperazine rings is 1. The number of fused-ring (bicyclic) bond motifs is 1. The molecule has 0 unspecified atom stereocenters. The summed E-state index contributed by atoms with van der Waals surface area (Å²) in [4.78, 5) is 5.97. The van der Waals surface area contributed by atoms with Crippen molar-refractivity contribution in [3.05, 3.63) is 36.0 Å². The fourth-order valence-corrected chi connectivity index (χ4v) is 2.33. The van der Waals surface area contributed by atoms with Crippen molar-refractivity contribution in [1.82, 2.24) is 15.2 Å². The minimum atomic E-state index is 1.04. The predicted molar refractivity (Wildman–Crippen MR) is 66.4 cm³/mol. The second kappa shape index (κ2) is 4.28. The van der Waals surface area contributed by atoms with Crippen molar-refractivity contribution >= 4 is 10.9 Å². The normalized spacial score (nSPS) is 18.0. The van der Waals surface area contributed by atoms with Gasteiger partial charge in [0.2, 0.25) is 0 Å². The average Bonchev–Trinajstić information content (AvgIpc) is 2.72. The highest BCUT2D eigenvalue weighted by atomic mass is 15.2. The number of para-hydroxylation sites is 1. The first kappa shape index (κ1) is 9.87. The van der Waals surface area contributed by atoms with Crippen LogP contribution in [0.1, 0.15) is 5.69 Å². The summed E-state index contributed by atoms with van der Waals surface area (Å²) in [5.41, 5.74) is 2.57. The third-order valence-electron chi connectivity index (χ3n) is 3.19. The molecule has 0 aliphatic carbocycles. The smallest absolute Gasteiger partial charge is 0.0456 e. The van der Waals surface area contributed by atoms with E-state index in [0.29, 0.717) is 0 Å². The molecule has 0 spiro atoms. The zero-order valence-corrected chi connectivity index (χ0v) is 9.37. The van der Waals surface area contributed by atoms with Crippen LogP contribution in [-0.4, -0.2) is 36.1 Å². The van der Waals surface area contributed by atoms with Crippen molar-refractivity contribution in [1.29, 1.82) is 0 Å². The van der Waals surface area contributed by atoms with Crippen LogP contribution in [-0.2, 0) is 6.54 Å². The molecule has 1 aromatic heterocycles. The first-order valence-corrected chi connectivity index (χ1v) is 5.91. The monoisotopic (exact) mass is 215 g/mol. The van der Waals surface area contributed by atoms with Gasteiger partial charge in [0.25, 0.3) is 0 Å². The lowest BCUT2D eigenvalue weighted by Crippen LogP contribution is -2.42. The highest BCUT2D eigenvalue weighted by Crippen LogP contribution is 2.15. The molecule has 1 fully saturated rings. The van der Waals surface area contributed by atoms with Gasteiger partial charge in [-0.15, -0.1) is 0 Å². The summed E-state index contributed by atoms with van der Waals surface area (Å²) in [6.45, 7) is 5.56. The van der Waals surface area contributed by atoms with Crippen LogP contribution in [0.4, 0.5) is 0 Å². The van der Waals surface area contributed by atoms with Crippen LogP contribution in [0.15, 0.2) is 30.3 Å². The van der Waals surface area contributed by atoms with Crippen LogP contribution in [0.5, 0.6) is 0 Å². The summed E-state index contributed by atoms with van der Waals surface area (Å²) in [6, 6.07) is 10.7. The maximum atomic E-state index is 3.48. The topological polar surface area (TPSA) is 31.1 Å². The SMILES string of the molecule is c1ccc2[nH]c(CN3CCNCC3)cc2c1. The summed E-state index contributed by atoms with van der Waals surface area (Å²) in [5.74, 6) is 0. The molecule has 2 heterocycles. The Bertz CT molecular complexity index is 436. The minimum absolute atomic E-state index is 1.04. The van der Waals surface area contributed by atoms with Crippen molar-refractivity contribution < 1.29 is 0 Å². The minimum Gasteiger partial charge on any atom is -0.357 e. The van der Waals surface area contributed by atoms with E-state index in [2.05, 4.69) is 45.5 Å². The van der Waals surface area contributed by atoms with Crippen molar-refractivity contribution in [3.8, 4) is 0 Å². The molecule has 1 aliphatic rings. The van der Waals surface area contributed by atoms with Crippen molar-refractivity contribution in [2.75, 3.05) is 26.2 Å². The molecule has 3 rings (SSSR count). The fraction of sp³-hybridized carbons (Fsp3) is 0.385. The zero-order chi connectivity index (χ0) is 10.8. The molecule has 16 heavy (non-hydrogen) atoms. The zero-order valence-electron chi connectivity index (χ0n) is 9.37. The Morgan fingerprint density at radius 3 is 2.75 bits per heavy atom. The van der Waals surface area contributed by atoms with E-state index in [4.69, 9.17) is 0 Å². The molecule has 2 N–H and O–H groups in total. The number of H-pyrrole nitrogens is 1. The second-order valence-corrected chi connectivity index (χ2v) is 4.41.